The lowest BCUT2D eigenvalue weighted by molar-refractivity contribution is -0.133. The first-order valence-corrected chi connectivity index (χ1v) is 8.22. The standard InChI is InChI=1S/C16H23N5O2/c1-13(22)21(14-3-4-14)8-5-15(23)19-9-11-20(12-10-19)16-17-6-2-7-18-16/h2,6-7,14H,3-5,8-12H2,1H3. The molecule has 1 aliphatic heterocycles. The summed E-state index contributed by atoms with van der Waals surface area (Å²) in [6.45, 7) is 4.98. The number of carbonyl (C=O) groups excluding carboxylic acids is 2. The van der Waals surface area contributed by atoms with Crippen LogP contribution in [0.2, 0.25) is 0 Å². The number of anilines is 1. The van der Waals surface area contributed by atoms with Gasteiger partial charge in [0, 0.05) is 64.5 Å². The van der Waals surface area contributed by atoms with E-state index in [1.54, 1.807) is 25.4 Å². The lowest BCUT2D eigenvalue weighted by atomic mass is 10.2. The normalized spacial score (nSPS) is 18.0. The van der Waals surface area contributed by atoms with Gasteiger partial charge in [0.15, 0.2) is 0 Å². The summed E-state index contributed by atoms with van der Waals surface area (Å²) in [5, 5.41) is 0. The average molecular weight is 317 g/mol. The Morgan fingerprint density at radius 3 is 2.39 bits per heavy atom. The van der Waals surface area contributed by atoms with Crippen LogP contribution in [0, 0.1) is 0 Å². The molecule has 2 aliphatic rings. The quantitative estimate of drug-likeness (QED) is 0.792. The average Bonchev–Trinajstić information content (AvgIpc) is 3.40. The molecule has 0 radical (unpaired) electrons. The molecule has 0 N–H and O–H groups in total. The van der Waals surface area contributed by atoms with Gasteiger partial charge in [0.05, 0.1) is 0 Å². The van der Waals surface area contributed by atoms with E-state index in [2.05, 4.69) is 14.9 Å². The van der Waals surface area contributed by atoms with Crippen LogP contribution in [0.15, 0.2) is 18.5 Å². The van der Waals surface area contributed by atoms with E-state index in [0.717, 1.165) is 31.9 Å². The number of amides is 2. The molecule has 2 heterocycles. The van der Waals surface area contributed by atoms with Crippen molar-refractivity contribution < 1.29 is 9.59 Å². The Hall–Kier alpha value is -2.18. The van der Waals surface area contributed by atoms with Crippen LogP contribution in [-0.2, 0) is 9.59 Å². The Kier molecular flexibility index (Phi) is 4.73. The fourth-order valence-electron chi connectivity index (χ4n) is 2.97. The third-order valence-corrected chi connectivity index (χ3v) is 4.43. The fraction of sp³-hybridized carbons (Fsp3) is 0.625. The zero-order chi connectivity index (χ0) is 16.2. The Labute approximate surface area is 136 Å². The van der Waals surface area contributed by atoms with Gasteiger partial charge < -0.3 is 14.7 Å². The molecule has 1 saturated carbocycles. The molecule has 1 aliphatic carbocycles. The molecule has 7 nitrogen and oxygen atoms in total. The number of hydrogen-bond donors (Lipinski definition) is 0. The predicted molar refractivity (Wildman–Crippen MR) is 85.9 cm³/mol. The molecule has 1 aromatic rings. The van der Waals surface area contributed by atoms with Crippen molar-refractivity contribution in [1.29, 1.82) is 0 Å². The number of hydrogen-bond acceptors (Lipinski definition) is 5. The molecule has 0 spiro atoms. The lowest BCUT2D eigenvalue weighted by Gasteiger charge is -2.35. The second-order valence-corrected chi connectivity index (χ2v) is 6.11. The van der Waals surface area contributed by atoms with Crippen LogP contribution in [-0.4, -0.2) is 70.3 Å². The monoisotopic (exact) mass is 317 g/mol. The highest BCUT2D eigenvalue weighted by atomic mass is 16.2. The molecule has 124 valence electrons. The first kappa shape index (κ1) is 15.7. The highest BCUT2D eigenvalue weighted by Gasteiger charge is 2.31. The molecule has 0 aromatic carbocycles. The van der Waals surface area contributed by atoms with Gasteiger partial charge in [-0.1, -0.05) is 0 Å². The molecule has 1 aromatic heterocycles. The third-order valence-electron chi connectivity index (χ3n) is 4.43. The van der Waals surface area contributed by atoms with Crippen molar-refractivity contribution in [2.75, 3.05) is 37.6 Å². The Bertz CT molecular complexity index is 553. The van der Waals surface area contributed by atoms with Crippen molar-refractivity contribution in [1.82, 2.24) is 19.8 Å². The molecule has 0 unspecified atom stereocenters. The van der Waals surface area contributed by atoms with Crippen molar-refractivity contribution in [3.63, 3.8) is 0 Å². The van der Waals surface area contributed by atoms with Crippen LogP contribution in [0.1, 0.15) is 26.2 Å². The SMILES string of the molecule is CC(=O)N(CCC(=O)N1CCN(c2ncccn2)CC1)C1CC1. The van der Waals surface area contributed by atoms with E-state index < -0.39 is 0 Å². The van der Waals surface area contributed by atoms with Gasteiger partial charge in [-0.05, 0) is 18.9 Å². The van der Waals surface area contributed by atoms with E-state index >= 15 is 0 Å². The number of piperazine rings is 1. The second kappa shape index (κ2) is 6.93. The Morgan fingerprint density at radius 2 is 1.83 bits per heavy atom. The summed E-state index contributed by atoms with van der Waals surface area (Å²) in [4.78, 5) is 38.2. The van der Waals surface area contributed by atoms with Crippen molar-refractivity contribution in [2.24, 2.45) is 0 Å². The van der Waals surface area contributed by atoms with Crippen molar-refractivity contribution in [3.8, 4) is 0 Å². The van der Waals surface area contributed by atoms with Gasteiger partial charge in [0.2, 0.25) is 17.8 Å². The van der Waals surface area contributed by atoms with Gasteiger partial charge in [-0.3, -0.25) is 9.59 Å². The van der Waals surface area contributed by atoms with Gasteiger partial charge in [-0.2, -0.15) is 0 Å². The summed E-state index contributed by atoms with van der Waals surface area (Å²) in [5.74, 6) is 0.924. The maximum Gasteiger partial charge on any atom is 0.225 e. The van der Waals surface area contributed by atoms with Crippen molar-refractivity contribution in [2.45, 2.75) is 32.2 Å². The summed E-state index contributed by atoms with van der Waals surface area (Å²) >= 11 is 0. The maximum absolute atomic E-state index is 12.3. The molecular formula is C16H23N5O2. The van der Waals surface area contributed by atoms with Crippen LogP contribution < -0.4 is 4.90 Å². The fourth-order valence-corrected chi connectivity index (χ4v) is 2.97. The topological polar surface area (TPSA) is 69.6 Å². The summed E-state index contributed by atoms with van der Waals surface area (Å²) < 4.78 is 0. The van der Waals surface area contributed by atoms with E-state index in [0.29, 0.717) is 32.1 Å². The zero-order valence-corrected chi connectivity index (χ0v) is 13.5. The molecule has 2 fully saturated rings. The summed E-state index contributed by atoms with van der Waals surface area (Å²) in [6, 6.07) is 2.16. The van der Waals surface area contributed by atoms with Gasteiger partial charge in [0.25, 0.3) is 0 Å². The Morgan fingerprint density at radius 1 is 1.17 bits per heavy atom. The number of rotatable bonds is 5. The first-order chi connectivity index (χ1) is 11.1. The van der Waals surface area contributed by atoms with E-state index in [4.69, 9.17) is 0 Å². The predicted octanol–water partition coefficient (Wildman–Crippen LogP) is 0.526. The molecule has 0 bridgehead atoms. The minimum absolute atomic E-state index is 0.0753. The molecule has 0 atom stereocenters. The minimum atomic E-state index is 0.0753. The maximum atomic E-state index is 12.3. The molecule has 7 heteroatoms. The minimum Gasteiger partial charge on any atom is -0.339 e. The van der Waals surface area contributed by atoms with Crippen LogP contribution in [0.5, 0.6) is 0 Å². The van der Waals surface area contributed by atoms with E-state index in [1.807, 2.05) is 9.80 Å². The second-order valence-electron chi connectivity index (χ2n) is 6.11. The summed E-state index contributed by atoms with van der Waals surface area (Å²) in [5.41, 5.74) is 0. The number of carbonyl (C=O) groups is 2. The molecule has 1 saturated heterocycles. The highest BCUT2D eigenvalue weighted by Crippen LogP contribution is 2.27. The van der Waals surface area contributed by atoms with E-state index in [1.165, 1.54) is 0 Å². The van der Waals surface area contributed by atoms with Crippen LogP contribution >= 0.6 is 0 Å². The smallest absolute Gasteiger partial charge is 0.225 e. The van der Waals surface area contributed by atoms with Gasteiger partial charge >= 0.3 is 0 Å². The number of nitrogens with zero attached hydrogens (tertiary/aromatic N) is 5. The molecule has 2 amide bonds. The largest absolute Gasteiger partial charge is 0.339 e. The van der Waals surface area contributed by atoms with Crippen molar-refractivity contribution >= 4 is 17.8 Å². The van der Waals surface area contributed by atoms with E-state index in [-0.39, 0.29) is 11.8 Å². The molecule has 3 rings (SSSR count). The zero-order valence-electron chi connectivity index (χ0n) is 13.5. The third kappa shape index (κ3) is 3.97. The van der Waals surface area contributed by atoms with E-state index in [9.17, 15) is 9.59 Å². The lowest BCUT2D eigenvalue weighted by Crippen LogP contribution is -2.49. The highest BCUT2D eigenvalue weighted by molar-refractivity contribution is 5.78. The molecule has 23 heavy (non-hydrogen) atoms. The van der Waals surface area contributed by atoms with Gasteiger partial charge in [-0.15, -0.1) is 0 Å². The summed E-state index contributed by atoms with van der Waals surface area (Å²) in [6.07, 6.45) is 6.02. The van der Waals surface area contributed by atoms with Gasteiger partial charge in [-0.25, -0.2) is 9.97 Å². The van der Waals surface area contributed by atoms with Gasteiger partial charge in [0.1, 0.15) is 0 Å². The number of aromatic nitrogens is 2. The first-order valence-electron chi connectivity index (χ1n) is 8.22. The molecular weight excluding hydrogens is 294 g/mol. The van der Waals surface area contributed by atoms with Crippen LogP contribution in [0.3, 0.4) is 0 Å². The van der Waals surface area contributed by atoms with Crippen LogP contribution in [0.25, 0.3) is 0 Å². The summed E-state index contributed by atoms with van der Waals surface area (Å²) in [7, 11) is 0. The van der Waals surface area contributed by atoms with Crippen LogP contribution in [0.4, 0.5) is 5.95 Å². The van der Waals surface area contributed by atoms with Crippen molar-refractivity contribution in [3.05, 3.63) is 18.5 Å². The Balaban J connectivity index is 1.45.